The van der Waals surface area contributed by atoms with Crippen molar-refractivity contribution in [2.45, 2.75) is 64.9 Å². The number of benzene rings is 2. The van der Waals surface area contributed by atoms with Crippen molar-refractivity contribution >= 4 is 5.97 Å². The van der Waals surface area contributed by atoms with E-state index >= 15 is 0 Å². The van der Waals surface area contributed by atoms with E-state index in [1.807, 2.05) is 48.5 Å². The smallest absolute Gasteiger partial charge is 0.307 e. The Kier molecular flexibility index (Phi) is 8.20. The molecule has 2 aromatic rings. The highest BCUT2D eigenvalue weighted by Gasteiger charge is 2.14. The van der Waals surface area contributed by atoms with Gasteiger partial charge in [0.15, 0.2) is 0 Å². The molecule has 0 heterocycles. The lowest BCUT2D eigenvalue weighted by molar-refractivity contribution is -0.136. The average molecular weight is 354 g/mol. The summed E-state index contributed by atoms with van der Waals surface area (Å²) in [6.07, 6.45) is 6.96. The van der Waals surface area contributed by atoms with E-state index in [1.54, 1.807) is 0 Å². The Bertz CT molecular complexity index is 679. The van der Waals surface area contributed by atoms with Crippen molar-refractivity contribution in [1.29, 1.82) is 0 Å². The number of hydrogen-bond acceptors (Lipinski definition) is 2. The highest BCUT2D eigenvalue weighted by atomic mass is 16.5. The van der Waals surface area contributed by atoms with E-state index in [-0.39, 0.29) is 12.5 Å². The van der Waals surface area contributed by atoms with Crippen LogP contribution in [0.3, 0.4) is 0 Å². The maximum absolute atomic E-state index is 11.3. The Morgan fingerprint density at radius 3 is 2.42 bits per heavy atom. The first-order valence-corrected chi connectivity index (χ1v) is 9.70. The van der Waals surface area contributed by atoms with Gasteiger partial charge in [-0.3, -0.25) is 4.79 Å². The van der Waals surface area contributed by atoms with E-state index in [9.17, 15) is 9.90 Å². The molecule has 0 aliphatic heterocycles. The zero-order valence-corrected chi connectivity index (χ0v) is 15.9. The van der Waals surface area contributed by atoms with E-state index < -0.39 is 5.97 Å². The third-order valence-corrected chi connectivity index (χ3v) is 4.55. The quantitative estimate of drug-likeness (QED) is 0.495. The molecule has 0 bridgehead atoms. The second-order valence-electron chi connectivity index (χ2n) is 6.78. The van der Waals surface area contributed by atoms with Gasteiger partial charge in [-0.2, -0.15) is 0 Å². The maximum atomic E-state index is 11.3. The van der Waals surface area contributed by atoms with Crippen LogP contribution < -0.4 is 4.74 Å². The molecule has 1 N–H and O–H groups in total. The van der Waals surface area contributed by atoms with Crippen LogP contribution in [0, 0.1) is 0 Å². The molecule has 0 aliphatic carbocycles. The lowest BCUT2D eigenvalue weighted by Crippen LogP contribution is -2.16. The summed E-state index contributed by atoms with van der Waals surface area (Å²) in [6, 6.07) is 15.8. The maximum Gasteiger partial charge on any atom is 0.307 e. The molecular weight excluding hydrogens is 324 g/mol. The van der Waals surface area contributed by atoms with Gasteiger partial charge in [-0.25, -0.2) is 0 Å². The summed E-state index contributed by atoms with van der Waals surface area (Å²) in [4.78, 5) is 11.3. The number of carboxylic acid groups (broad SMARTS) is 1. The Labute approximate surface area is 157 Å². The molecule has 3 nitrogen and oxygen atoms in total. The molecule has 1 atom stereocenters. The first-order chi connectivity index (χ1) is 12.6. The van der Waals surface area contributed by atoms with E-state index in [4.69, 9.17) is 4.74 Å². The van der Waals surface area contributed by atoms with Crippen LogP contribution >= 0.6 is 0 Å². The van der Waals surface area contributed by atoms with Gasteiger partial charge >= 0.3 is 5.97 Å². The fourth-order valence-electron chi connectivity index (χ4n) is 3.25. The van der Waals surface area contributed by atoms with Crippen LogP contribution in [0.15, 0.2) is 48.5 Å². The van der Waals surface area contributed by atoms with Gasteiger partial charge < -0.3 is 9.84 Å². The summed E-state index contributed by atoms with van der Waals surface area (Å²) in [6.45, 7) is 4.38. The lowest BCUT2D eigenvalue weighted by Gasteiger charge is -2.20. The SMILES string of the molecule is CCCCCC(CCC)Oc1ccc(-c2ccccc2)c(CC(=O)O)c1. The molecular formula is C23H30O3. The molecule has 3 heteroatoms. The molecule has 0 aromatic heterocycles. The van der Waals surface area contributed by atoms with Gasteiger partial charge in [0.2, 0.25) is 0 Å². The van der Waals surface area contributed by atoms with Gasteiger partial charge in [0.1, 0.15) is 5.75 Å². The molecule has 0 radical (unpaired) electrons. The molecule has 0 aliphatic rings. The van der Waals surface area contributed by atoms with Crippen molar-refractivity contribution in [3.8, 4) is 16.9 Å². The zero-order valence-electron chi connectivity index (χ0n) is 15.9. The predicted octanol–water partition coefficient (Wildman–Crippen LogP) is 6.11. The topological polar surface area (TPSA) is 46.5 Å². The van der Waals surface area contributed by atoms with Crippen molar-refractivity contribution in [3.05, 3.63) is 54.1 Å². The van der Waals surface area contributed by atoms with Crippen LogP contribution in [0.2, 0.25) is 0 Å². The number of unbranched alkanes of at least 4 members (excludes halogenated alkanes) is 2. The Hall–Kier alpha value is -2.29. The van der Waals surface area contributed by atoms with Crippen molar-refractivity contribution in [2.75, 3.05) is 0 Å². The summed E-state index contributed by atoms with van der Waals surface area (Å²) in [7, 11) is 0. The summed E-state index contributed by atoms with van der Waals surface area (Å²) >= 11 is 0. The molecule has 140 valence electrons. The Morgan fingerprint density at radius 2 is 1.77 bits per heavy atom. The minimum atomic E-state index is -0.826. The molecule has 2 aromatic carbocycles. The molecule has 0 saturated heterocycles. The average Bonchev–Trinajstić information content (AvgIpc) is 2.62. The fraction of sp³-hybridized carbons (Fsp3) is 0.435. The summed E-state index contributed by atoms with van der Waals surface area (Å²) in [5.74, 6) is -0.0525. The summed E-state index contributed by atoms with van der Waals surface area (Å²) < 4.78 is 6.22. The third kappa shape index (κ3) is 6.21. The number of aliphatic carboxylic acids is 1. The van der Waals surface area contributed by atoms with E-state index in [0.29, 0.717) is 0 Å². The number of carbonyl (C=O) groups is 1. The first-order valence-electron chi connectivity index (χ1n) is 9.70. The second kappa shape index (κ2) is 10.6. The minimum Gasteiger partial charge on any atom is -0.490 e. The monoisotopic (exact) mass is 354 g/mol. The van der Waals surface area contributed by atoms with Gasteiger partial charge in [0, 0.05) is 0 Å². The van der Waals surface area contributed by atoms with Gasteiger partial charge in [0.25, 0.3) is 0 Å². The van der Waals surface area contributed by atoms with Crippen molar-refractivity contribution in [2.24, 2.45) is 0 Å². The number of hydrogen-bond donors (Lipinski definition) is 1. The minimum absolute atomic E-state index is 0.00426. The van der Waals surface area contributed by atoms with Crippen LogP contribution in [0.25, 0.3) is 11.1 Å². The van der Waals surface area contributed by atoms with E-state index in [1.165, 1.54) is 19.3 Å². The number of rotatable bonds is 11. The first kappa shape index (κ1) is 20.0. The van der Waals surface area contributed by atoms with Gasteiger partial charge in [-0.05, 0) is 48.1 Å². The van der Waals surface area contributed by atoms with Crippen LogP contribution in [0.4, 0.5) is 0 Å². The van der Waals surface area contributed by atoms with Gasteiger partial charge in [0.05, 0.1) is 12.5 Å². The molecule has 0 saturated carbocycles. The largest absolute Gasteiger partial charge is 0.490 e. The van der Waals surface area contributed by atoms with Crippen LogP contribution in [0.5, 0.6) is 5.75 Å². The molecule has 26 heavy (non-hydrogen) atoms. The van der Waals surface area contributed by atoms with Gasteiger partial charge in [-0.15, -0.1) is 0 Å². The fourth-order valence-corrected chi connectivity index (χ4v) is 3.25. The third-order valence-electron chi connectivity index (χ3n) is 4.55. The molecule has 0 spiro atoms. The normalized spacial score (nSPS) is 11.9. The molecule has 0 fully saturated rings. The van der Waals surface area contributed by atoms with E-state index in [2.05, 4.69) is 13.8 Å². The molecule has 1 unspecified atom stereocenters. The highest BCUT2D eigenvalue weighted by molar-refractivity contribution is 5.77. The predicted molar refractivity (Wildman–Crippen MR) is 107 cm³/mol. The summed E-state index contributed by atoms with van der Waals surface area (Å²) in [5, 5.41) is 9.30. The van der Waals surface area contributed by atoms with Crippen LogP contribution in [0.1, 0.15) is 57.9 Å². The van der Waals surface area contributed by atoms with E-state index in [0.717, 1.165) is 41.7 Å². The van der Waals surface area contributed by atoms with Crippen LogP contribution in [-0.4, -0.2) is 17.2 Å². The molecule has 0 amide bonds. The Balaban J connectivity index is 2.22. The molecule has 2 rings (SSSR count). The Morgan fingerprint density at radius 1 is 1.00 bits per heavy atom. The lowest BCUT2D eigenvalue weighted by atomic mass is 9.97. The summed E-state index contributed by atoms with van der Waals surface area (Å²) in [5.41, 5.74) is 2.78. The van der Waals surface area contributed by atoms with Crippen LogP contribution in [-0.2, 0) is 11.2 Å². The number of carboxylic acids is 1. The van der Waals surface area contributed by atoms with Crippen molar-refractivity contribution in [3.63, 3.8) is 0 Å². The highest BCUT2D eigenvalue weighted by Crippen LogP contribution is 2.29. The number of ether oxygens (including phenoxy) is 1. The second-order valence-corrected chi connectivity index (χ2v) is 6.78. The van der Waals surface area contributed by atoms with Crippen molar-refractivity contribution < 1.29 is 14.6 Å². The van der Waals surface area contributed by atoms with Gasteiger partial charge in [-0.1, -0.05) is 69.5 Å². The standard InChI is InChI=1S/C23H30O3/c1-3-5-7-13-20(10-4-2)26-21-14-15-22(18-11-8-6-9-12-18)19(16-21)17-23(24)25/h6,8-9,11-12,14-16,20H,3-5,7,10,13,17H2,1-2H3,(H,24,25). The van der Waals surface area contributed by atoms with Crippen molar-refractivity contribution in [1.82, 2.24) is 0 Å². The zero-order chi connectivity index (χ0) is 18.8.